The predicted octanol–water partition coefficient (Wildman–Crippen LogP) is 3.07. The molecule has 1 unspecified atom stereocenters. The first-order valence-corrected chi connectivity index (χ1v) is 11.7. The van der Waals surface area contributed by atoms with Gasteiger partial charge in [0.2, 0.25) is 11.8 Å². The third kappa shape index (κ3) is 3.35. The minimum absolute atomic E-state index is 0.186. The van der Waals surface area contributed by atoms with Gasteiger partial charge < -0.3 is 4.90 Å². The molecule has 3 amide bonds. The number of amides is 3. The van der Waals surface area contributed by atoms with Gasteiger partial charge in [-0.1, -0.05) is 30.3 Å². The number of nitrogens with one attached hydrogen (secondary N) is 1. The zero-order valence-electron chi connectivity index (χ0n) is 19.2. The first kappa shape index (κ1) is 21.3. The largest absolute Gasteiger partial charge is 0.322 e. The molecule has 1 aliphatic carbocycles. The van der Waals surface area contributed by atoms with Crippen molar-refractivity contribution in [1.29, 1.82) is 5.26 Å². The van der Waals surface area contributed by atoms with Gasteiger partial charge in [-0.25, -0.2) is 0 Å². The fourth-order valence-electron chi connectivity index (χ4n) is 5.27. The summed E-state index contributed by atoms with van der Waals surface area (Å²) in [6, 6.07) is 15.6. The highest BCUT2D eigenvalue weighted by Gasteiger charge is 2.44. The number of hydrogen-bond acceptors (Lipinski definition) is 5. The number of carbonyl (C=O) groups excluding carboxylic acids is 3. The first-order chi connectivity index (χ1) is 16.9. The van der Waals surface area contributed by atoms with Crippen LogP contribution in [0.2, 0.25) is 0 Å². The molecule has 1 aromatic heterocycles. The summed E-state index contributed by atoms with van der Waals surface area (Å²) in [7, 11) is 1.89. The maximum Gasteiger partial charge on any atom is 0.255 e. The molecule has 3 aromatic rings. The van der Waals surface area contributed by atoms with Crippen LogP contribution in [0.3, 0.4) is 0 Å². The lowest BCUT2D eigenvalue weighted by Crippen LogP contribution is -2.52. The van der Waals surface area contributed by atoms with Crippen LogP contribution in [0.4, 0.5) is 0 Å². The molecule has 1 saturated carbocycles. The average molecular weight is 466 g/mol. The Bertz CT molecular complexity index is 1440. The Kier molecular flexibility index (Phi) is 4.65. The molecular weight excluding hydrogens is 442 g/mol. The lowest BCUT2D eigenvalue weighted by atomic mass is 9.94. The molecule has 0 bridgehead atoms. The minimum atomic E-state index is -0.633. The second-order valence-corrected chi connectivity index (χ2v) is 9.57. The van der Waals surface area contributed by atoms with Crippen molar-refractivity contribution < 1.29 is 14.4 Å². The molecule has 2 aliphatic heterocycles. The maximum absolute atomic E-state index is 13.0. The number of hydrogen-bond donors (Lipinski definition) is 1. The van der Waals surface area contributed by atoms with Gasteiger partial charge in [-0.05, 0) is 48.1 Å². The Morgan fingerprint density at radius 3 is 2.49 bits per heavy atom. The number of rotatable bonds is 4. The van der Waals surface area contributed by atoms with E-state index < -0.39 is 11.9 Å². The molecule has 3 heterocycles. The van der Waals surface area contributed by atoms with Gasteiger partial charge in [-0.15, -0.1) is 0 Å². The fraction of sp³-hybridized carbons (Fsp3) is 0.296. The lowest BCUT2D eigenvalue weighted by Gasteiger charge is -2.29. The summed E-state index contributed by atoms with van der Waals surface area (Å²) in [5.74, 6) is -0.894. The molecular formula is C27H23N5O3. The fourth-order valence-corrected chi connectivity index (χ4v) is 5.27. The Hall–Kier alpha value is -4.25. The molecule has 8 heteroatoms. The van der Waals surface area contributed by atoms with Crippen molar-refractivity contribution in [3.63, 3.8) is 0 Å². The van der Waals surface area contributed by atoms with Crippen LogP contribution in [0.1, 0.15) is 47.2 Å². The summed E-state index contributed by atoms with van der Waals surface area (Å²) in [5, 5.41) is 16.3. The SMILES string of the molecule is Cn1ncc(-c2ccc3c(c2)CN(C2CCC(=O)NC2=O)C3=O)c1-c1ccc(C2(C#N)CC2)cc1. The van der Waals surface area contributed by atoms with Gasteiger partial charge in [-0.3, -0.25) is 24.4 Å². The number of fused-ring (bicyclic) bond motifs is 1. The van der Waals surface area contributed by atoms with Gasteiger partial charge in [0.15, 0.2) is 0 Å². The number of aromatic nitrogens is 2. The van der Waals surface area contributed by atoms with E-state index in [-0.39, 0.29) is 23.7 Å². The zero-order chi connectivity index (χ0) is 24.3. The predicted molar refractivity (Wildman–Crippen MR) is 127 cm³/mol. The molecule has 174 valence electrons. The number of carbonyl (C=O) groups is 3. The maximum atomic E-state index is 13.0. The summed E-state index contributed by atoms with van der Waals surface area (Å²) < 4.78 is 1.83. The van der Waals surface area contributed by atoms with Crippen LogP contribution >= 0.6 is 0 Å². The smallest absolute Gasteiger partial charge is 0.255 e. The van der Waals surface area contributed by atoms with Crippen molar-refractivity contribution in [1.82, 2.24) is 20.0 Å². The van der Waals surface area contributed by atoms with Crippen molar-refractivity contribution in [3.05, 3.63) is 65.4 Å². The van der Waals surface area contributed by atoms with Crippen molar-refractivity contribution in [3.8, 4) is 28.5 Å². The number of nitriles is 1. The van der Waals surface area contributed by atoms with Crippen LogP contribution in [0.5, 0.6) is 0 Å². The van der Waals surface area contributed by atoms with E-state index in [0.717, 1.165) is 46.4 Å². The Morgan fingerprint density at radius 1 is 1.06 bits per heavy atom. The van der Waals surface area contributed by atoms with Gasteiger partial charge in [0.05, 0.1) is 23.4 Å². The van der Waals surface area contributed by atoms with Gasteiger partial charge in [0, 0.05) is 36.7 Å². The van der Waals surface area contributed by atoms with Gasteiger partial charge in [0.25, 0.3) is 5.91 Å². The first-order valence-electron chi connectivity index (χ1n) is 11.7. The van der Waals surface area contributed by atoms with Crippen LogP contribution in [-0.4, -0.2) is 38.4 Å². The highest BCUT2D eigenvalue weighted by Crippen LogP contribution is 2.48. The van der Waals surface area contributed by atoms with Gasteiger partial charge in [-0.2, -0.15) is 10.4 Å². The molecule has 0 radical (unpaired) electrons. The Labute approximate surface area is 202 Å². The third-order valence-corrected chi connectivity index (χ3v) is 7.45. The van der Waals surface area contributed by atoms with Gasteiger partial charge in [0.1, 0.15) is 6.04 Å². The van der Waals surface area contributed by atoms with Gasteiger partial charge >= 0.3 is 0 Å². The molecule has 1 atom stereocenters. The normalized spacial score (nSPS) is 20.4. The molecule has 8 nitrogen and oxygen atoms in total. The van der Waals surface area contributed by atoms with Crippen LogP contribution in [0, 0.1) is 11.3 Å². The molecule has 6 rings (SSSR count). The van der Waals surface area contributed by atoms with E-state index >= 15 is 0 Å². The summed E-state index contributed by atoms with van der Waals surface area (Å²) in [4.78, 5) is 38.4. The molecule has 2 fully saturated rings. The van der Waals surface area contributed by atoms with E-state index in [1.54, 1.807) is 4.90 Å². The highest BCUT2D eigenvalue weighted by molar-refractivity contribution is 6.05. The van der Waals surface area contributed by atoms with E-state index in [4.69, 9.17) is 0 Å². The second-order valence-electron chi connectivity index (χ2n) is 9.57. The molecule has 2 aromatic carbocycles. The van der Waals surface area contributed by atoms with E-state index in [1.807, 2.05) is 60.4 Å². The number of nitrogens with zero attached hydrogens (tertiary/aromatic N) is 4. The number of piperidine rings is 1. The zero-order valence-corrected chi connectivity index (χ0v) is 19.2. The number of aryl methyl sites for hydroxylation is 1. The van der Waals surface area contributed by atoms with Crippen LogP contribution in [0.25, 0.3) is 22.4 Å². The van der Waals surface area contributed by atoms with Crippen LogP contribution in [0.15, 0.2) is 48.7 Å². The Morgan fingerprint density at radius 2 is 1.80 bits per heavy atom. The van der Waals surface area contributed by atoms with Crippen LogP contribution in [-0.2, 0) is 28.6 Å². The number of benzene rings is 2. The van der Waals surface area contributed by atoms with Crippen molar-refractivity contribution >= 4 is 17.7 Å². The lowest BCUT2D eigenvalue weighted by molar-refractivity contribution is -0.136. The average Bonchev–Trinajstić information content (AvgIpc) is 3.47. The summed E-state index contributed by atoms with van der Waals surface area (Å²) >= 11 is 0. The Balaban J connectivity index is 1.31. The van der Waals surface area contributed by atoms with Crippen molar-refractivity contribution in [2.75, 3.05) is 0 Å². The molecule has 1 saturated heterocycles. The second kappa shape index (κ2) is 7.64. The molecule has 0 spiro atoms. The standard InChI is InChI=1S/C27H23N5O3/c1-31-24(16-2-5-19(6-3-16)27(15-28)10-11-27)21(13-29-31)17-4-7-20-18(12-17)14-32(26(20)35)22-8-9-23(33)30-25(22)34/h2-7,12-13,22H,8-11,14H2,1H3,(H,30,33,34). The van der Waals surface area contributed by atoms with Crippen molar-refractivity contribution in [2.45, 2.75) is 43.7 Å². The third-order valence-electron chi connectivity index (χ3n) is 7.45. The van der Waals surface area contributed by atoms with E-state index in [1.165, 1.54) is 0 Å². The summed E-state index contributed by atoms with van der Waals surface area (Å²) in [6.45, 7) is 0.328. The molecule has 3 aliphatic rings. The van der Waals surface area contributed by atoms with Crippen molar-refractivity contribution in [2.24, 2.45) is 7.05 Å². The monoisotopic (exact) mass is 465 g/mol. The summed E-state index contributed by atoms with van der Waals surface area (Å²) in [6.07, 6.45) is 4.20. The molecule has 35 heavy (non-hydrogen) atoms. The summed E-state index contributed by atoms with van der Waals surface area (Å²) in [5.41, 5.74) is 5.99. The van der Waals surface area contributed by atoms with E-state index in [0.29, 0.717) is 18.5 Å². The highest BCUT2D eigenvalue weighted by atomic mass is 16.2. The quantitative estimate of drug-likeness (QED) is 0.596. The topological polar surface area (TPSA) is 108 Å². The minimum Gasteiger partial charge on any atom is -0.322 e. The molecule has 1 N–H and O–H groups in total. The van der Waals surface area contributed by atoms with E-state index in [2.05, 4.69) is 16.5 Å². The van der Waals surface area contributed by atoms with Crippen LogP contribution < -0.4 is 5.32 Å². The van der Waals surface area contributed by atoms with E-state index in [9.17, 15) is 19.6 Å². The number of imide groups is 1.